The molecule has 0 saturated heterocycles. The van der Waals surface area contributed by atoms with Gasteiger partial charge in [0.2, 0.25) is 0 Å². The molecule has 0 aromatic heterocycles. The van der Waals surface area contributed by atoms with E-state index in [4.69, 9.17) is 5.26 Å². The molecule has 7 heteroatoms. The predicted octanol–water partition coefficient (Wildman–Crippen LogP) is 3.28. The number of nitrogens with zero attached hydrogens (tertiary/aromatic N) is 1. The molecule has 0 aliphatic rings. The number of anilines is 1. The van der Waals surface area contributed by atoms with Crippen molar-refractivity contribution < 1.29 is 13.2 Å². The second-order valence-electron chi connectivity index (χ2n) is 5.75. The van der Waals surface area contributed by atoms with E-state index in [-0.39, 0.29) is 22.1 Å². The number of carbonyl (C=O) groups excluding carboxylic acids is 1. The normalized spacial score (nSPS) is 10.8. The molecule has 0 aliphatic heterocycles. The van der Waals surface area contributed by atoms with E-state index in [0.717, 1.165) is 19.3 Å². The van der Waals surface area contributed by atoms with Crippen LogP contribution in [0.15, 0.2) is 53.4 Å². The number of nitriles is 1. The highest BCUT2D eigenvalue weighted by molar-refractivity contribution is 7.92. The number of hydrogen-bond acceptors (Lipinski definition) is 4. The number of amides is 1. The van der Waals surface area contributed by atoms with E-state index in [0.29, 0.717) is 12.1 Å². The van der Waals surface area contributed by atoms with Gasteiger partial charge in [0, 0.05) is 12.1 Å². The lowest BCUT2D eigenvalue weighted by atomic mass is 10.2. The minimum atomic E-state index is -3.85. The lowest BCUT2D eigenvalue weighted by molar-refractivity contribution is 0.0953. The first-order valence-electron chi connectivity index (χ1n) is 8.38. The van der Waals surface area contributed by atoms with Gasteiger partial charge in [0.25, 0.3) is 15.9 Å². The Morgan fingerprint density at radius 3 is 2.42 bits per heavy atom. The van der Waals surface area contributed by atoms with Crippen molar-refractivity contribution in [1.29, 1.82) is 5.26 Å². The first-order chi connectivity index (χ1) is 12.5. The van der Waals surface area contributed by atoms with E-state index < -0.39 is 10.0 Å². The molecule has 136 valence electrons. The Hall–Kier alpha value is -2.85. The fourth-order valence-corrected chi connectivity index (χ4v) is 3.42. The van der Waals surface area contributed by atoms with Crippen molar-refractivity contribution in [3.05, 3.63) is 59.7 Å². The minimum Gasteiger partial charge on any atom is -0.352 e. The van der Waals surface area contributed by atoms with Crippen LogP contribution in [0.25, 0.3) is 0 Å². The molecule has 2 aromatic carbocycles. The number of hydrogen-bond donors (Lipinski definition) is 2. The molecule has 0 aliphatic carbocycles. The van der Waals surface area contributed by atoms with Gasteiger partial charge >= 0.3 is 0 Å². The molecule has 2 aromatic rings. The van der Waals surface area contributed by atoms with Crippen molar-refractivity contribution in [3.8, 4) is 6.07 Å². The smallest absolute Gasteiger partial charge is 0.261 e. The maximum Gasteiger partial charge on any atom is 0.261 e. The van der Waals surface area contributed by atoms with E-state index in [1.54, 1.807) is 12.1 Å². The Bertz CT molecular complexity index is 900. The van der Waals surface area contributed by atoms with E-state index in [1.165, 1.54) is 36.4 Å². The second kappa shape index (κ2) is 9.02. The van der Waals surface area contributed by atoms with Crippen molar-refractivity contribution in [3.63, 3.8) is 0 Å². The quantitative estimate of drug-likeness (QED) is 0.696. The molecule has 0 fully saturated rings. The van der Waals surface area contributed by atoms with Gasteiger partial charge < -0.3 is 5.32 Å². The highest BCUT2D eigenvalue weighted by Crippen LogP contribution is 2.19. The number of unbranched alkanes of at least 4 members (excludes halogenated alkanes) is 2. The third-order valence-corrected chi connectivity index (χ3v) is 5.17. The zero-order valence-corrected chi connectivity index (χ0v) is 15.3. The summed E-state index contributed by atoms with van der Waals surface area (Å²) in [5, 5.41) is 11.9. The van der Waals surface area contributed by atoms with Crippen LogP contribution in [-0.4, -0.2) is 20.9 Å². The molecular weight excluding hydrogens is 350 g/mol. The molecule has 1 amide bonds. The topological polar surface area (TPSA) is 99.1 Å². The first kappa shape index (κ1) is 19.5. The molecule has 26 heavy (non-hydrogen) atoms. The number of sulfonamides is 1. The van der Waals surface area contributed by atoms with E-state index >= 15 is 0 Å². The van der Waals surface area contributed by atoms with Crippen molar-refractivity contribution in [2.75, 3.05) is 11.3 Å². The Labute approximate surface area is 153 Å². The average molecular weight is 371 g/mol. The van der Waals surface area contributed by atoms with Crippen LogP contribution in [0.1, 0.15) is 42.1 Å². The zero-order valence-electron chi connectivity index (χ0n) is 14.5. The van der Waals surface area contributed by atoms with Crippen LogP contribution in [0, 0.1) is 11.3 Å². The molecule has 0 heterocycles. The summed E-state index contributed by atoms with van der Waals surface area (Å²) in [5.74, 6) is -0.229. The van der Waals surface area contributed by atoms with Crippen molar-refractivity contribution in [2.24, 2.45) is 0 Å². The highest BCUT2D eigenvalue weighted by Gasteiger charge is 2.16. The Balaban J connectivity index is 2.09. The molecular formula is C19H21N3O3S. The average Bonchev–Trinajstić information content (AvgIpc) is 2.65. The van der Waals surface area contributed by atoms with Crippen molar-refractivity contribution in [1.82, 2.24) is 5.32 Å². The molecule has 0 unspecified atom stereocenters. The van der Waals surface area contributed by atoms with Gasteiger partial charge in [-0.2, -0.15) is 5.26 Å². The molecule has 0 radical (unpaired) electrons. The van der Waals surface area contributed by atoms with Crippen molar-refractivity contribution >= 4 is 21.6 Å². The Morgan fingerprint density at radius 1 is 1.08 bits per heavy atom. The summed E-state index contributed by atoms with van der Waals surface area (Å²) in [6.45, 7) is 2.68. The standard InChI is InChI=1S/C19H21N3O3S/c1-2-3-6-13-21-19(23)15-9-11-17(12-10-15)26(24,25)22-18-8-5-4-7-16(18)14-20/h4-5,7-12,22H,2-3,6,13H2,1H3,(H,21,23). The van der Waals surface area contributed by atoms with Gasteiger partial charge in [0.05, 0.1) is 16.1 Å². The van der Waals surface area contributed by atoms with Crippen LogP contribution in [0.3, 0.4) is 0 Å². The van der Waals surface area contributed by atoms with Gasteiger partial charge in [-0.1, -0.05) is 31.9 Å². The minimum absolute atomic E-state index is 0.0211. The van der Waals surface area contributed by atoms with Crippen LogP contribution in [0.4, 0.5) is 5.69 Å². The highest BCUT2D eigenvalue weighted by atomic mass is 32.2. The summed E-state index contributed by atoms with van der Waals surface area (Å²) in [6, 6.07) is 14.0. The lowest BCUT2D eigenvalue weighted by Crippen LogP contribution is -2.24. The number of benzene rings is 2. The SMILES string of the molecule is CCCCCNC(=O)c1ccc(S(=O)(=O)Nc2ccccc2C#N)cc1. The summed E-state index contributed by atoms with van der Waals surface area (Å²) < 4.78 is 27.3. The summed E-state index contributed by atoms with van der Waals surface area (Å²) in [4.78, 5) is 12.1. The molecule has 0 saturated carbocycles. The summed E-state index contributed by atoms with van der Waals surface area (Å²) in [6.07, 6.45) is 3.04. The van der Waals surface area contributed by atoms with Gasteiger partial charge in [-0.25, -0.2) is 8.42 Å². The first-order valence-corrected chi connectivity index (χ1v) is 9.86. The molecule has 2 N–H and O–H groups in total. The van der Waals surface area contributed by atoms with Crippen molar-refractivity contribution in [2.45, 2.75) is 31.1 Å². The fraction of sp³-hybridized carbons (Fsp3) is 0.263. The lowest BCUT2D eigenvalue weighted by Gasteiger charge is -2.10. The molecule has 0 bridgehead atoms. The third-order valence-electron chi connectivity index (χ3n) is 3.78. The maximum absolute atomic E-state index is 12.5. The van der Waals surface area contributed by atoms with E-state index in [1.807, 2.05) is 6.07 Å². The predicted molar refractivity (Wildman–Crippen MR) is 100 cm³/mol. The van der Waals surface area contributed by atoms with Crippen LogP contribution in [0.5, 0.6) is 0 Å². The van der Waals surface area contributed by atoms with E-state index in [9.17, 15) is 13.2 Å². The summed E-state index contributed by atoms with van der Waals surface area (Å²) in [7, 11) is -3.85. The van der Waals surface area contributed by atoms with Gasteiger partial charge in [-0.3, -0.25) is 9.52 Å². The molecule has 0 atom stereocenters. The Morgan fingerprint density at radius 2 is 1.77 bits per heavy atom. The van der Waals surface area contributed by atoms with Crippen LogP contribution < -0.4 is 10.0 Å². The van der Waals surface area contributed by atoms with Crippen LogP contribution in [-0.2, 0) is 10.0 Å². The monoisotopic (exact) mass is 371 g/mol. The molecule has 6 nitrogen and oxygen atoms in total. The number of rotatable bonds is 8. The van der Waals surface area contributed by atoms with Gasteiger partial charge in [-0.15, -0.1) is 0 Å². The number of nitrogens with one attached hydrogen (secondary N) is 2. The van der Waals surface area contributed by atoms with Gasteiger partial charge in [0.1, 0.15) is 6.07 Å². The maximum atomic E-state index is 12.5. The zero-order chi connectivity index (χ0) is 19.0. The number of carbonyl (C=O) groups is 1. The van der Waals surface area contributed by atoms with Gasteiger partial charge in [-0.05, 0) is 42.8 Å². The van der Waals surface area contributed by atoms with Crippen LogP contribution >= 0.6 is 0 Å². The van der Waals surface area contributed by atoms with Crippen LogP contribution in [0.2, 0.25) is 0 Å². The van der Waals surface area contributed by atoms with Gasteiger partial charge in [0.15, 0.2) is 0 Å². The third kappa shape index (κ3) is 5.07. The molecule has 0 spiro atoms. The second-order valence-corrected chi connectivity index (χ2v) is 7.43. The summed E-state index contributed by atoms with van der Waals surface area (Å²) in [5.41, 5.74) is 0.852. The number of para-hydroxylation sites is 1. The Kier molecular flexibility index (Phi) is 6.75. The largest absolute Gasteiger partial charge is 0.352 e. The summed E-state index contributed by atoms with van der Waals surface area (Å²) >= 11 is 0. The van der Waals surface area contributed by atoms with E-state index in [2.05, 4.69) is 17.0 Å². The fourth-order valence-electron chi connectivity index (χ4n) is 2.34. The molecule has 2 rings (SSSR count).